The van der Waals surface area contributed by atoms with Crippen LogP contribution < -0.4 is 10.6 Å². The van der Waals surface area contributed by atoms with Crippen molar-refractivity contribution in [3.63, 3.8) is 0 Å². The molecule has 0 aromatic heterocycles. The summed E-state index contributed by atoms with van der Waals surface area (Å²) in [7, 11) is 0. The van der Waals surface area contributed by atoms with Gasteiger partial charge in [-0.25, -0.2) is 0 Å². The van der Waals surface area contributed by atoms with Gasteiger partial charge in [0.05, 0.1) is 6.10 Å². The molecule has 17 heavy (non-hydrogen) atoms. The fourth-order valence-electron chi connectivity index (χ4n) is 2.38. The molecule has 0 aliphatic heterocycles. The molecule has 0 saturated heterocycles. The molecule has 1 saturated carbocycles. The van der Waals surface area contributed by atoms with Crippen molar-refractivity contribution in [3.05, 3.63) is 0 Å². The van der Waals surface area contributed by atoms with Gasteiger partial charge < -0.3 is 15.7 Å². The van der Waals surface area contributed by atoms with Crippen molar-refractivity contribution >= 4 is 5.91 Å². The number of hydrogen-bond donors (Lipinski definition) is 3. The summed E-state index contributed by atoms with van der Waals surface area (Å²) < 4.78 is 0. The third-order valence-electron chi connectivity index (χ3n) is 3.45. The first-order valence-electron chi connectivity index (χ1n) is 6.80. The first-order valence-corrected chi connectivity index (χ1v) is 6.80. The van der Waals surface area contributed by atoms with E-state index in [1.807, 2.05) is 13.8 Å². The van der Waals surface area contributed by atoms with Gasteiger partial charge in [-0.2, -0.15) is 0 Å². The number of carbonyl (C=O) groups excluding carboxylic acids is 1. The predicted octanol–water partition coefficient (Wildman–Crippen LogP) is 1.04. The number of rotatable bonds is 6. The molecule has 0 aromatic carbocycles. The summed E-state index contributed by atoms with van der Waals surface area (Å²) >= 11 is 0. The Balaban J connectivity index is 2.11. The first kappa shape index (κ1) is 14.5. The van der Waals surface area contributed by atoms with Crippen molar-refractivity contribution in [2.75, 3.05) is 13.1 Å². The molecule has 0 spiro atoms. The average Bonchev–Trinajstić information content (AvgIpc) is 2.28. The molecule has 1 rings (SSSR count). The van der Waals surface area contributed by atoms with E-state index in [-0.39, 0.29) is 18.1 Å². The molecule has 1 aliphatic rings. The average molecular weight is 242 g/mol. The van der Waals surface area contributed by atoms with Crippen molar-refractivity contribution < 1.29 is 9.90 Å². The number of hydrogen-bond acceptors (Lipinski definition) is 3. The molecular weight excluding hydrogens is 216 g/mol. The van der Waals surface area contributed by atoms with Crippen LogP contribution in [0.4, 0.5) is 0 Å². The van der Waals surface area contributed by atoms with Gasteiger partial charge in [0.2, 0.25) is 5.91 Å². The zero-order chi connectivity index (χ0) is 12.7. The highest BCUT2D eigenvalue weighted by atomic mass is 16.3. The highest BCUT2D eigenvalue weighted by Crippen LogP contribution is 2.23. The van der Waals surface area contributed by atoms with Crippen LogP contribution in [0.15, 0.2) is 0 Å². The minimum absolute atomic E-state index is 0.115. The van der Waals surface area contributed by atoms with Crippen LogP contribution in [-0.2, 0) is 4.79 Å². The van der Waals surface area contributed by atoms with E-state index in [1.165, 1.54) is 0 Å². The second-order valence-corrected chi connectivity index (χ2v) is 5.14. The molecule has 4 nitrogen and oxygen atoms in total. The molecule has 0 heterocycles. The first-order chi connectivity index (χ1) is 8.11. The maximum absolute atomic E-state index is 11.6. The minimum Gasteiger partial charge on any atom is -0.393 e. The van der Waals surface area contributed by atoms with Crippen molar-refractivity contribution in [2.24, 2.45) is 5.92 Å². The van der Waals surface area contributed by atoms with Gasteiger partial charge in [-0.1, -0.05) is 6.92 Å². The summed E-state index contributed by atoms with van der Waals surface area (Å²) in [6.07, 6.45) is 4.26. The Morgan fingerprint density at radius 3 is 2.59 bits per heavy atom. The highest BCUT2D eigenvalue weighted by Gasteiger charge is 2.19. The Morgan fingerprint density at radius 2 is 2.00 bits per heavy atom. The smallest absolute Gasteiger partial charge is 0.221 e. The van der Waals surface area contributed by atoms with E-state index in [2.05, 4.69) is 10.6 Å². The monoisotopic (exact) mass is 242 g/mol. The lowest BCUT2D eigenvalue weighted by Crippen LogP contribution is -2.36. The topological polar surface area (TPSA) is 61.4 Å². The molecule has 0 bridgehead atoms. The molecule has 3 N–H and O–H groups in total. The van der Waals surface area contributed by atoms with Gasteiger partial charge >= 0.3 is 0 Å². The standard InChI is InChI=1S/C13H26N2O2/c1-3-14-10(2)8-13(17)15-9-11-4-6-12(16)7-5-11/h10-12,14,16H,3-9H2,1-2H3,(H,15,17). The maximum atomic E-state index is 11.6. The quantitative estimate of drug-likeness (QED) is 0.652. The summed E-state index contributed by atoms with van der Waals surface area (Å²) in [6.45, 7) is 5.74. The summed E-state index contributed by atoms with van der Waals surface area (Å²) in [5.41, 5.74) is 0. The van der Waals surface area contributed by atoms with E-state index < -0.39 is 0 Å². The van der Waals surface area contributed by atoms with Gasteiger partial charge in [0.25, 0.3) is 0 Å². The van der Waals surface area contributed by atoms with E-state index in [1.54, 1.807) is 0 Å². The van der Waals surface area contributed by atoms with Crippen LogP contribution in [0.2, 0.25) is 0 Å². The Hall–Kier alpha value is -0.610. The van der Waals surface area contributed by atoms with E-state index in [4.69, 9.17) is 0 Å². The molecule has 100 valence electrons. The van der Waals surface area contributed by atoms with E-state index in [0.29, 0.717) is 12.3 Å². The van der Waals surface area contributed by atoms with Gasteiger partial charge in [0.1, 0.15) is 0 Å². The SMILES string of the molecule is CCNC(C)CC(=O)NCC1CCC(O)CC1. The Morgan fingerprint density at radius 1 is 1.35 bits per heavy atom. The van der Waals surface area contributed by atoms with Gasteiger partial charge in [0, 0.05) is 19.0 Å². The van der Waals surface area contributed by atoms with E-state index >= 15 is 0 Å². The number of amides is 1. The number of nitrogens with one attached hydrogen (secondary N) is 2. The molecule has 1 atom stereocenters. The Kier molecular flexibility index (Phi) is 6.52. The molecule has 1 fully saturated rings. The second-order valence-electron chi connectivity index (χ2n) is 5.14. The zero-order valence-corrected chi connectivity index (χ0v) is 11.0. The lowest BCUT2D eigenvalue weighted by molar-refractivity contribution is -0.121. The molecule has 0 radical (unpaired) electrons. The van der Waals surface area contributed by atoms with E-state index in [9.17, 15) is 9.90 Å². The van der Waals surface area contributed by atoms with Crippen LogP contribution in [0, 0.1) is 5.92 Å². The van der Waals surface area contributed by atoms with Crippen molar-refractivity contribution in [1.29, 1.82) is 0 Å². The van der Waals surface area contributed by atoms with Crippen LogP contribution >= 0.6 is 0 Å². The number of carbonyl (C=O) groups is 1. The largest absolute Gasteiger partial charge is 0.393 e. The minimum atomic E-state index is -0.115. The lowest BCUT2D eigenvalue weighted by atomic mass is 9.87. The summed E-state index contributed by atoms with van der Waals surface area (Å²) in [5.74, 6) is 0.682. The second kappa shape index (κ2) is 7.67. The van der Waals surface area contributed by atoms with Gasteiger partial charge in [-0.05, 0) is 45.1 Å². The van der Waals surface area contributed by atoms with Crippen LogP contribution in [0.25, 0.3) is 0 Å². The summed E-state index contributed by atoms with van der Waals surface area (Å²) in [6, 6.07) is 0.244. The molecule has 0 aromatic rings. The fraction of sp³-hybridized carbons (Fsp3) is 0.923. The number of aliphatic hydroxyl groups is 1. The maximum Gasteiger partial charge on any atom is 0.221 e. The molecular formula is C13H26N2O2. The molecule has 1 unspecified atom stereocenters. The van der Waals surface area contributed by atoms with Crippen LogP contribution in [-0.4, -0.2) is 36.2 Å². The zero-order valence-electron chi connectivity index (χ0n) is 11.0. The lowest BCUT2D eigenvalue weighted by Gasteiger charge is -2.25. The van der Waals surface area contributed by atoms with Crippen molar-refractivity contribution in [1.82, 2.24) is 10.6 Å². The molecule has 4 heteroatoms. The number of aliphatic hydroxyl groups excluding tert-OH is 1. The fourth-order valence-corrected chi connectivity index (χ4v) is 2.38. The highest BCUT2D eigenvalue weighted by molar-refractivity contribution is 5.76. The summed E-state index contributed by atoms with van der Waals surface area (Å²) in [4.78, 5) is 11.6. The van der Waals surface area contributed by atoms with Gasteiger partial charge in [-0.15, -0.1) is 0 Å². The summed E-state index contributed by atoms with van der Waals surface area (Å²) in [5, 5.41) is 15.6. The van der Waals surface area contributed by atoms with Crippen LogP contribution in [0.3, 0.4) is 0 Å². The van der Waals surface area contributed by atoms with Crippen LogP contribution in [0.1, 0.15) is 46.0 Å². The third kappa shape index (κ3) is 6.03. The molecule has 1 aliphatic carbocycles. The normalized spacial score (nSPS) is 26.5. The molecule has 1 amide bonds. The Labute approximate surface area is 104 Å². The van der Waals surface area contributed by atoms with Crippen molar-refractivity contribution in [2.45, 2.75) is 58.1 Å². The van der Waals surface area contributed by atoms with Crippen LogP contribution in [0.5, 0.6) is 0 Å². The predicted molar refractivity (Wildman–Crippen MR) is 68.7 cm³/mol. The Bertz CT molecular complexity index is 225. The van der Waals surface area contributed by atoms with Crippen molar-refractivity contribution in [3.8, 4) is 0 Å². The van der Waals surface area contributed by atoms with Gasteiger partial charge in [0.15, 0.2) is 0 Å². The van der Waals surface area contributed by atoms with Gasteiger partial charge in [-0.3, -0.25) is 4.79 Å². The van der Waals surface area contributed by atoms with E-state index in [0.717, 1.165) is 38.8 Å². The third-order valence-corrected chi connectivity index (χ3v) is 3.45.